The highest BCUT2D eigenvalue weighted by Gasteiger charge is 2.32. The Morgan fingerprint density at radius 3 is 0.701 bits per heavy atom. The van der Waals surface area contributed by atoms with Crippen molar-refractivity contribution >= 4 is 137 Å². The number of aromatic amines is 2. The van der Waals surface area contributed by atoms with E-state index >= 15 is 0 Å². The van der Waals surface area contributed by atoms with Crippen LogP contribution in [-0.4, -0.2) is 39.9 Å². The fourth-order valence-corrected chi connectivity index (χ4v) is 19.6. The normalized spacial score (nSPS) is 12.9. The number of halogens is 1. The third-order valence-corrected chi connectivity index (χ3v) is 26.8. The van der Waals surface area contributed by atoms with Crippen molar-refractivity contribution < 1.29 is 0 Å². The first-order valence-corrected chi connectivity index (χ1v) is 42.4. The lowest BCUT2D eigenvalue weighted by Crippen LogP contribution is -2.10. The van der Waals surface area contributed by atoms with Crippen molar-refractivity contribution in [3.63, 3.8) is 0 Å². The Bertz CT molecular complexity index is 5790. The summed E-state index contributed by atoms with van der Waals surface area (Å²) < 4.78 is 1.06. The lowest BCUT2D eigenvalue weighted by Gasteiger charge is -2.19. The van der Waals surface area contributed by atoms with Gasteiger partial charge in [0.05, 0.1) is 0 Å². The van der Waals surface area contributed by atoms with Gasteiger partial charge in [0.2, 0.25) is 0 Å². The molecule has 107 heavy (non-hydrogen) atoms. The summed E-state index contributed by atoms with van der Waals surface area (Å²) in [6.07, 6.45) is 0. The van der Waals surface area contributed by atoms with Crippen molar-refractivity contribution in [2.75, 3.05) is 0 Å². The number of nitrogens with zero attached hydrogens (tertiary/aromatic N) is 6. The van der Waals surface area contributed by atoms with Gasteiger partial charge in [0, 0.05) is 106 Å². The van der Waals surface area contributed by atoms with E-state index in [0.29, 0.717) is 45.9 Å². The topological polar surface area (TPSA) is 109 Å². The predicted molar refractivity (Wildman–Crippen MR) is 464 cm³/mol. The number of hydrogen-bond donors (Lipinski definition) is 2. The third kappa shape index (κ3) is 15.8. The minimum absolute atomic E-state index is 0.0166. The second-order valence-electron chi connectivity index (χ2n) is 34.0. The van der Waals surface area contributed by atoms with Crippen LogP contribution in [0.3, 0.4) is 0 Å². The van der Waals surface area contributed by atoms with E-state index in [1.54, 1.807) is 70.6 Å². The van der Waals surface area contributed by atoms with Gasteiger partial charge in [0.25, 0.3) is 0 Å². The maximum Gasteiger partial charge on any atom is 0.165 e. The van der Waals surface area contributed by atoms with Gasteiger partial charge in [0.1, 0.15) is 22.6 Å². The van der Waals surface area contributed by atoms with Crippen LogP contribution in [0.15, 0.2) is 259 Å². The highest BCUT2D eigenvalue weighted by molar-refractivity contribution is 14.1. The van der Waals surface area contributed by atoms with Gasteiger partial charge in [-0.05, 0) is 216 Å². The Hall–Kier alpha value is -7.61. The van der Waals surface area contributed by atoms with Gasteiger partial charge < -0.3 is 9.97 Å². The van der Waals surface area contributed by atoms with Crippen LogP contribution in [0, 0.1) is 3.57 Å². The molecule has 0 saturated carbocycles. The highest BCUT2D eigenvalue weighted by Crippen LogP contribution is 2.53. The average molecular weight is 1630 g/mol. The maximum atomic E-state index is 6.03. The molecule has 3 aromatic heterocycles. The standard InChI is InChI=1S/C92H89IN8S6/c1-87(2,3)52-19-32-59(33-20-52)102-67-45-47-69(104-61-36-23-54(24-37-61)89(7,8)9)75-73(67)81-95-79-65-44-31-58(93)51-66(65)80(94-79)96-82-74-68(103-60-34-21-53(22-35-60)88(4,5)6)46-48-70(105-62-38-25-55(26-39-62)90(10,11)12)76(74)84(98-82)100-86-78-72(107-64-42-29-57(30-43-64)92(16,17)18)50-49-71(77(78)85(101-86)99-83(75)97-81)106-63-40-27-56(28-41-63)91(13,14)15/h19-51H,1-18H3,(H2,94,95,96,97,98,99,100,101). The monoisotopic (exact) mass is 1620 g/mol. The number of nitrogens with one attached hydrogen (secondary N) is 2. The van der Waals surface area contributed by atoms with E-state index in [1.165, 1.54) is 33.4 Å². The molecular weight excluding hydrogens is 1540 g/mol. The summed E-state index contributed by atoms with van der Waals surface area (Å²) in [4.78, 5) is 55.8. The Morgan fingerprint density at radius 2 is 0.449 bits per heavy atom. The summed E-state index contributed by atoms with van der Waals surface area (Å²) in [5, 5.41) is 3.64. The van der Waals surface area contributed by atoms with Crippen LogP contribution < -0.4 is 0 Å². The van der Waals surface area contributed by atoms with Crippen LogP contribution in [0.5, 0.6) is 0 Å². The lowest BCUT2D eigenvalue weighted by atomic mass is 9.87. The van der Waals surface area contributed by atoms with E-state index in [9.17, 15) is 0 Å². The molecule has 13 aromatic rings. The zero-order valence-electron chi connectivity index (χ0n) is 64.1. The van der Waals surface area contributed by atoms with Gasteiger partial charge in [0.15, 0.2) is 23.3 Å². The van der Waals surface area contributed by atoms with E-state index < -0.39 is 0 Å². The fourth-order valence-electron chi connectivity index (χ4n) is 13.4. The molecule has 2 aliphatic heterocycles. The molecule has 0 radical (unpaired) electrons. The van der Waals surface area contributed by atoms with Gasteiger partial charge in [-0.2, -0.15) is 0 Å². The van der Waals surface area contributed by atoms with Gasteiger partial charge in [-0.15, -0.1) is 0 Å². The number of rotatable bonds is 12. The molecule has 15 heteroatoms. The molecular formula is C92H89IN8S6. The van der Waals surface area contributed by atoms with Crippen molar-refractivity contribution in [2.45, 2.75) is 216 Å². The first kappa shape index (κ1) is 74.8. The summed E-state index contributed by atoms with van der Waals surface area (Å²) in [7, 11) is 0. The van der Waals surface area contributed by atoms with E-state index in [0.717, 1.165) is 106 Å². The summed E-state index contributed by atoms with van der Waals surface area (Å²) in [6, 6.07) is 74.2. The molecule has 15 rings (SSSR count). The number of fused-ring (bicyclic) bond motifs is 20. The lowest BCUT2D eigenvalue weighted by molar-refractivity contribution is 0.589. The summed E-state index contributed by atoms with van der Waals surface area (Å²) in [5.74, 6) is 2.14. The molecule has 10 aromatic carbocycles. The maximum absolute atomic E-state index is 6.03. The SMILES string of the molecule is CC(C)(C)c1ccc(Sc2ccc(Sc3ccc(C(C)(C)C)cc3)c3c2-c2nc-3nc3[nH]c(nc4nc(nc5[nH]c(n2)c2ccc(I)cc52)-c2c(Sc5ccc(C(C)(C)C)cc5)ccc(Sc5ccc(C(C)(C)C)cc5)c2-4)c2c(Sc4ccc(C(C)(C)C)cc4)ccc(Sc4ccc(C(C)(C)C)cc4)c32)cc1. The van der Waals surface area contributed by atoms with Gasteiger partial charge >= 0.3 is 0 Å². The second-order valence-corrected chi connectivity index (χ2v) is 41.9. The van der Waals surface area contributed by atoms with Crippen molar-refractivity contribution in [1.82, 2.24) is 39.9 Å². The third-order valence-electron chi connectivity index (χ3n) is 19.7. The Balaban J connectivity index is 1.08. The first-order chi connectivity index (χ1) is 50.6. The van der Waals surface area contributed by atoms with E-state index in [2.05, 4.69) is 357 Å². The largest absolute Gasteiger partial charge is 0.324 e. The summed E-state index contributed by atoms with van der Waals surface area (Å²) in [6.45, 7) is 40.8. The molecule has 8 bridgehead atoms. The van der Waals surface area contributed by atoms with Crippen molar-refractivity contribution in [3.8, 4) is 45.6 Å². The number of benzene rings is 10. The molecule has 0 saturated heterocycles. The predicted octanol–water partition coefficient (Wildman–Crippen LogP) is 28.2. The van der Waals surface area contributed by atoms with Crippen LogP contribution >= 0.6 is 93.2 Å². The zero-order chi connectivity index (χ0) is 75.4. The van der Waals surface area contributed by atoms with Crippen molar-refractivity contribution in [1.29, 1.82) is 0 Å². The fraction of sp³-hybridized carbons (Fsp3) is 0.261. The zero-order valence-corrected chi connectivity index (χ0v) is 71.1. The molecule has 2 aliphatic rings. The molecule has 2 N–H and O–H groups in total. The summed E-state index contributed by atoms with van der Waals surface area (Å²) in [5.41, 5.74) is 13.6. The van der Waals surface area contributed by atoms with Gasteiger partial charge in [-0.1, -0.05) is 268 Å². The van der Waals surface area contributed by atoms with Gasteiger partial charge in [-0.3, -0.25) is 0 Å². The quantitative estimate of drug-likeness (QED) is 0.114. The van der Waals surface area contributed by atoms with Crippen molar-refractivity contribution in [3.05, 3.63) is 237 Å². The molecule has 8 nitrogen and oxygen atoms in total. The molecule has 0 spiro atoms. The van der Waals surface area contributed by atoms with Crippen LogP contribution in [0.2, 0.25) is 0 Å². The minimum atomic E-state index is -0.0287. The second kappa shape index (κ2) is 28.7. The number of H-pyrrole nitrogens is 2. The van der Waals surface area contributed by atoms with Gasteiger partial charge in [-0.25, -0.2) is 29.9 Å². The molecule has 0 unspecified atom stereocenters. The molecule has 0 amide bonds. The molecule has 0 atom stereocenters. The van der Waals surface area contributed by atoms with Crippen LogP contribution in [0.4, 0.5) is 0 Å². The van der Waals surface area contributed by atoms with E-state index in [1.807, 2.05) is 0 Å². The summed E-state index contributed by atoms with van der Waals surface area (Å²) >= 11 is 12.8. The van der Waals surface area contributed by atoms with Crippen LogP contribution in [0.1, 0.15) is 158 Å². The Labute approximate surface area is 669 Å². The smallest absolute Gasteiger partial charge is 0.165 e. The number of hydrogen-bond acceptors (Lipinski definition) is 12. The Morgan fingerprint density at radius 1 is 0.234 bits per heavy atom. The highest BCUT2D eigenvalue weighted by atomic mass is 127. The molecule has 0 aliphatic carbocycles. The minimum Gasteiger partial charge on any atom is -0.324 e. The van der Waals surface area contributed by atoms with Crippen LogP contribution in [-0.2, 0) is 32.5 Å². The number of aromatic nitrogens is 8. The molecule has 540 valence electrons. The van der Waals surface area contributed by atoms with E-state index in [-0.39, 0.29) is 32.5 Å². The first-order valence-electron chi connectivity index (χ1n) is 36.5. The molecule has 5 heterocycles. The van der Waals surface area contributed by atoms with Crippen LogP contribution in [0.25, 0.3) is 89.7 Å². The van der Waals surface area contributed by atoms with E-state index in [4.69, 9.17) is 29.9 Å². The average Bonchev–Trinajstić information content (AvgIpc) is 1.59. The Kier molecular flexibility index (Phi) is 20.1. The molecule has 0 fully saturated rings. The van der Waals surface area contributed by atoms with Crippen molar-refractivity contribution in [2.24, 2.45) is 0 Å².